The molecule has 2 fully saturated rings. The molecule has 76 valence electrons. The Morgan fingerprint density at radius 2 is 1.46 bits per heavy atom. The van der Waals surface area contributed by atoms with Crippen molar-refractivity contribution in [1.82, 2.24) is 0 Å². The summed E-state index contributed by atoms with van der Waals surface area (Å²) in [5, 5.41) is 0. The lowest BCUT2D eigenvalue weighted by atomic mass is 10.5. The van der Waals surface area contributed by atoms with Crippen LogP contribution in [0.3, 0.4) is 0 Å². The Morgan fingerprint density at radius 3 is 1.77 bits per heavy atom. The van der Waals surface area contributed by atoms with Crippen molar-refractivity contribution < 1.29 is 0 Å². The minimum Gasteiger partial charge on any atom is -0.114 e. The molecule has 0 saturated heterocycles. The molecule has 0 aromatic carbocycles. The standard InChI is InChI=1S/C9H17PS3/c1-10(11,12-6-8-2-3-8)13-7-9-4-5-9/h8-9H,2-7H2,1H3. The van der Waals surface area contributed by atoms with Gasteiger partial charge in [0.2, 0.25) is 0 Å². The molecular weight excluding hydrogens is 235 g/mol. The first-order valence-corrected chi connectivity index (χ1v) is 11.5. The third-order valence-electron chi connectivity index (χ3n) is 2.48. The molecule has 2 aliphatic rings. The molecule has 0 spiro atoms. The molecule has 0 aliphatic heterocycles. The predicted octanol–water partition coefficient (Wildman–Crippen LogP) is 4.21. The van der Waals surface area contributed by atoms with Gasteiger partial charge in [0, 0.05) is 11.5 Å². The summed E-state index contributed by atoms with van der Waals surface area (Å²) in [6.45, 7) is 2.32. The van der Waals surface area contributed by atoms with E-state index in [1.165, 1.54) is 37.2 Å². The van der Waals surface area contributed by atoms with Crippen molar-refractivity contribution in [3.05, 3.63) is 0 Å². The minimum atomic E-state index is -1.05. The highest BCUT2D eigenvalue weighted by Gasteiger charge is 2.26. The van der Waals surface area contributed by atoms with E-state index in [0.29, 0.717) is 0 Å². The summed E-state index contributed by atoms with van der Waals surface area (Å²) in [6, 6.07) is 0. The Bertz CT molecular complexity index is 201. The van der Waals surface area contributed by atoms with Crippen LogP contribution < -0.4 is 0 Å². The normalized spacial score (nSPS) is 23.5. The van der Waals surface area contributed by atoms with Crippen molar-refractivity contribution in [1.29, 1.82) is 0 Å². The van der Waals surface area contributed by atoms with E-state index in [9.17, 15) is 0 Å². The molecule has 0 amide bonds. The van der Waals surface area contributed by atoms with E-state index in [-0.39, 0.29) is 0 Å². The van der Waals surface area contributed by atoms with Crippen LogP contribution >= 0.6 is 27.2 Å². The first kappa shape index (κ1) is 10.9. The summed E-state index contributed by atoms with van der Waals surface area (Å²) < 4.78 is -1.05. The van der Waals surface area contributed by atoms with Gasteiger partial charge in [-0.2, -0.15) is 0 Å². The first-order valence-electron chi connectivity index (χ1n) is 5.02. The second kappa shape index (κ2) is 4.47. The number of rotatable bonds is 6. The fourth-order valence-corrected chi connectivity index (χ4v) is 8.77. The van der Waals surface area contributed by atoms with Crippen LogP contribution in [0.4, 0.5) is 0 Å². The van der Waals surface area contributed by atoms with Gasteiger partial charge in [0.25, 0.3) is 0 Å². The third kappa shape index (κ3) is 4.59. The highest BCUT2D eigenvalue weighted by Crippen LogP contribution is 2.68. The van der Waals surface area contributed by atoms with Gasteiger partial charge < -0.3 is 0 Å². The molecule has 4 heteroatoms. The summed E-state index contributed by atoms with van der Waals surface area (Å²) >= 11 is 9.89. The SMILES string of the molecule is CP(=S)(SCC1CC1)SCC1CC1. The van der Waals surface area contributed by atoms with Crippen molar-refractivity contribution in [2.24, 2.45) is 11.8 Å². The average molecular weight is 252 g/mol. The predicted molar refractivity (Wildman–Crippen MR) is 70.6 cm³/mol. The van der Waals surface area contributed by atoms with Gasteiger partial charge in [-0.25, -0.2) is 0 Å². The van der Waals surface area contributed by atoms with E-state index in [1.54, 1.807) is 0 Å². The molecule has 0 N–H and O–H groups in total. The van der Waals surface area contributed by atoms with Crippen LogP contribution in [-0.2, 0) is 11.8 Å². The lowest BCUT2D eigenvalue weighted by Crippen LogP contribution is -1.82. The molecule has 0 heterocycles. The van der Waals surface area contributed by atoms with Gasteiger partial charge in [-0.1, -0.05) is 11.8 Å². The van der Waals surface area contributed by atoms with Crippen LogP contribution in [0.15, 0.2) is 0 Å². The van der Waals surface area contributed by atoms with Crippen molar-refractivity contribution >= 4 is 39.0 Å². The van der Waals surface area contributed by atoms with E-state index in [4.69, 9.17) is 11.8 Å². The third-order valence-corrected chi connectivity index (χ3v) is 12.2. The van der Waals surface area contributed by atoms with E-state index < -0.39 is 4.44 Å². The molecule has 2 aliphatic carbocycles. The average Bonchev–Trinajstić information content (AvgIpc) is 2.92. The lowest BCUT2D eigenvalue weighted by Gasteiger charge is -2.14. The first-order chi connectivity index (χ1) is 6.16. The summed E-state index contributed by atoms with van der Waals surface area (Å²) in [4.78, 5) is 0. The summed E-state index contributed by atoms with van der Waals surface area (Å²) in [7, 11) is 0. The topological polar surface area (TPSA) is 0 Å². The van der Waals surface area contributed by atoms with Crippen molar-refractivity contribution in [2.45, 2.75) is 25.7 Å². The van der Waals surface area contributed by atoms with E-state index >= 15 is 0 Å². The molecule has 13 heavy (non-hydrogen) atoms. The maximum Gasteiger partial charge on any atom is 0.0542 e. The Hall–Kier alpha value is 1.35. The van der Waals surface area contributed by atoms with E-state index in [0.717, 1.165) is 11.8 Å². The number of hydrogen-bond donors (Lipinski definition) is 0. The van der Waals surface area contributed by atoms with Gasteiger partial charge in [0.15, 0.2) is 0 Å². The van der Waals surface area contributed by atoms with Crippen LogP contribution in [-0.4, -0.2) is 18.2 Å². The Kier molecular flexibility index (Phi) is 3.73. The van der Waals surface area contributed by atoms with Gasteiger partial charge in [0.05, 0.1) is 4.44 Å². The summed E-state index contributed by atoms with van der Waals surface area (Å²) in [5.41, 5.74) is 0. The Labute approximate surface area is 94.5 Å². The van der Waals surface area contributed by atoms with Gasteiger partial charge in [-0.3, -0.25) is 0 Å². The molecule has 2 rings (SSSR count). The van der Waals surface area contributed by atoms with Crippen LogP contribution in [0.2, 0.25) is 0 Å². The molecule has 0 radical (unpaired) electrons. The Morgan fingerprint density at radius 1 is 1.08 bits per heavy atom. The second-order valence-corrected chi connectivity index (χ2v) is 17.2. The summed E-state index contributed by atoms with van der Waals surface area (Å²) in [5.74, 6) is 4.78. The van der Waals surface area contributed by atoms with Gasteiger partial charge in [-0.15, -0.1) is 22.8 Å². The molecule has 0 nitrogen and oxygen atoms in total. The van der Waals surface area contributed by atoms with Gasteiger partial charge in [-0.05, 0) is 44.2 Å². The smallest absolute Gasteiger partial charge is 0.0542 e. The monoisotopic (exact) mass is 252 g/mol. The van der Waals surface area contributed by atoms with E-state index in [1.807, 2.05) is 0 Å². The molecule has 0 bridgehead atoms. The van der Waals surface area contributed by atoms with Gasteiger partial charge in [0.1, 0.15) is 0 Å². The largest absolute Gasteiger partial charge is 0.114 e. The molecule has 0 unspecified atom stereocenters. The highest BCUT2D eigenvalue weighted by molar-refractivity contribution is 9.00. The molecular formula is C9H17PS3. The quantitative estimate of drug-likeness (QED) is 0.650. The zero-order valence-electron chi connectivity index (χ0n) is 8.07. The van der Waals surface area contributed by atoms with Crippen LogP contribution in [0.25, 0.3) is 0 Å². The number of hydrogen-bond acceptors (Lipinski definition) is 3. The van der Waals surface area contributed by atoms with Crippen molar-refractivity contribution in [2.75, 3.05) is 18.2 Å². The van der Waals surface area contributed by atoms with E-state index in [2.05, 4.69) is 29.4 Å². The maximum atomic E-state index is 5.67. The Balaban J connectivity index is 1.63. The van der Waals surface area contributed by atoms with Crippen molar-refractivity contribution in [3.63, 3.8) is 0 Å². The zero-order valence-corrected chi connectivity index (χ0v) is 11.4. The fourth-order valence-electron chi connectivity index (χ4n) is 1.09. The van der Waals surface area contributed by atoms with Crippen LogP contribution in [0.5, 0.6) is 0 Å². The minimum absolute atomic E-state index is 1.04. The zero-order chi connectivity index (χ0) is 9.31. The van der Waals surface area contributed by atoms with Crippen LogP contribution in [0.1, 0.15) is 25.7 Å². The maximum absolute atomic E-state index is 5.67. The fraction of sp³-hybridized carbons (Fsp3) is 1.00. The molecule has 0 aromatic rings. The molecule has 0 aromatic heterocycles. The van der Waals surface area contributed by atoms with Crippen LogP contribution in [0, 0.1) is 11.8 Å². The van der Waals surface area contributed by atoms with Crippen molar-refractivity contribution in [3.8, 4) is 0 Å². The molecule has 2 saturated carbocycles. The lowest BCUT2D eigenvalue weighted by molar-refractivity contribution is 1.00. The highest BCUT2D eigenvalue weighted by atomic mass is 33.2. The second-order valence-electron chi connectivity index (χ2n) is 4.25. The molecule has 0 atom stereocenters. The summed E-state index contributed by atoms with van der Waals surface area (Å²) in [6.07, 6.45) is 5.87. The van der Waals surface area contributed by atoms with Gasteiger partial charge >= 0.3 is 0 Å².